The summed E-state index contributed by atoms with van der Waals surface area (Å²) in [6, 6.07) is 0. The number of hydrogen-bond donors (Lipinski definition) is 1. The summed E-state index contributed by atoms with van der Waals surface area (Å²) in [7, 11) is 3.46. The Morgan fingerprint density at radius 1 is 1.19 bits per heavy atom. The van der Waals surface area contributed by atoms with Crippen molar-refractivity contribution in [3.63, 3.8) is 0 Å². The van der Waals surface area contributed by atoms with Crippen LogP contribution in [-0.2, 0) is 23.7 Å². The lowest BCUT2D eigenvalue weighted by Crippen LogP contribution is -2.58. The van der Waals surface area contributed by atoms with Crippen LogP contribution in [0, 0.1) is 40.4 Å². The largest absolute Gasteiger partial charge is 0.455 e. The van der Waals surface area contributed by atoms with Gasteiger partial charge in [0.15, 0.2) is 6.29 Å². The summed E-state index contributed by atoms with van der Waals surface area (Å²) in [5.74, 6) is 1.76. The fraction of sp³-hybridized carbons (Fsp3) is 0.885. The van der Waals surface area contributed by atoms with Crippen molar-refractivity contribution >= 4 is 5.97 Å². The molecule has 0 aromatic heterocycles. The second-order valence-electron chi connectivity index (χ2n) is 11.6. The van der Waals surface area contributed by atoms with Crippen molar-refractivity contribution in [2.75, 3.05) is 14.2 Å². The molecule has 0 aromatic carbocycles. The zero-order valence-electron chi connectivity index (χ0n) is 20.4. The zero-order chi connectivity index (χ0) is 23.0. The van der Waals surface area contributed by atoms with Crippen LogP contribution < -0.4 is 0 Å². The van der Waals surface area contributed by atoms with Crippen LogP contribution in [0.1, 0.15) is 59.8 Å². The maximum absolute atomic E-state index is 11.6. The smallest absolute Gasteiger partial charge is 0.303 e. The first-order valence-electron chi connectivity index (χ1n) is 12.4. The van der Waals surface area contributed by atoms with Crippen molar-refractivity contribution in [2.24, 2.45) is 40.4 Å². The van der Waals surface area contributed by atoms with Gasteiger partial charge in [-0.05, 0) is 67.3 Å². The molecule has 0 radical (unpaired) electrons. The number of epoxide rings is 1. The SMILES string of the molecule is COC(OC)C(C)[C@H]1CC[C@H]2[C@@H]3[C@H](O)CC4=C[C@@H](OC(C)=O)[C@@H]5O[C@@H]5[C@]4(C)[C@H]3CC[C@]12C. The third-order valence-electron chi connectivity index (χ3n) is 10.4. The normalized spacial score (nSPS) is 49.9. The number of rotatable bonds is 5. The fourth-order valence-electron chi connectivity index (χ4n) is 8.95. The van der Waals surface area contributed by atoms with Gasteiger partial charge in [0.25, 0.3) is 0 Å². The summed E-state index contributed by atoms with van der Waals surface area (Å²) in [6.45, 7) is 8.52. The van der Waals surface area contributed by atoms with Crippen molar-refractivity contribution in [1.82, 2.24) is 0 Å². The third-order valence-corrected chi connectivity index (χ3v) is 10.4. The van der Waals surface area contributed by atoms with Crippen molar-refractivity contribution in [2.45, 2.75) is 90.5 Å². The minimum absolute atomic E-state index is 0.0302. The Kier molecular flexibility index (Phi) is 5.56. The van der Waals surface area contributed by atoms with E-state index in [1.165, 1.54) is 12.5 Å². The number of carbonyl (C=O) groups excluding carboxylic acids is 1. The highest BCUT2D eigenvalue weighted by atomic mass is 16.7. The number of hydrogen-bond acceptors (Lipinski definition) is 6. The van der Waals surface area contributed by atoms with E-state index in [0.29, 0.717) is 30.1 Å². The quantitative estimate of drug-likeness (QED) is 0.299. The van der Waals surface area contributed by atoms with Crippen LogP contribution in [0.3, 0.4) is 0 Å². The van der Waals surface area contributed by atoms with Gasteiger partial charge in [-0.1, -0.05) is 26.3 Å². The van der Waals surface area contributed by atoms with Gasteiger partial charge >= 0.3 is 5.97 Å². The van der Waals surface area contributed by atoms with Gasteiger partial charge in [0.1, 0.15) is 12.2 Å². The number of esters is 1. The highest BCUT2D eigenvalue weighted by molar-refractivity contribution is 5.66. The second kappa shape index (κ2) is 7.79. The molecule has 1 N–H and O–H groups in total. The predicted molar refractivity (Wildman–Crippen MR) is 119 cm³/mol. The van der Waals surface area contributed by atoms with Gasteiger partial charge in [-0.25, -0.2) is 0 Å². The van der Waals surface area contributed by atoms with Crippen LogP contribution in [0.15, 0.2) is 11.6 Å². The van der Waals surface area contributed by atoms with Crippen molar-refractivity contribution in [1.29, 1.82) is 0 Å². The Morgan fingerprint density at radius 2 is 1.91 bits per heavy atom. The van der Waals surface area contributed by atoms with Crippen molar-refractivity contribution < 1.29 is 28.8 Å². The number of aliphatic hydroxyl groups is 1. The zero-order valence-corrected chi connectivity index (χ0v) is 20.4. The molecule has 11 atom stereocenters. The fourth-order valence-corrected chi connectivity index (χ4v) is 8.95. The molecule has 4 aliphatic carbocycles. The Hall–Kier alpha value is -0.950. The van der Waals surface area contributed by atoms with Gasteiger partial charge in [-0.3, -0.25) is 4.79 Å². The lowest BCUT2D eigenvalue weighted by molar-refractivity contribution is -0.167. The lowest BCUT2D eigenvalue weighted by Gasteiger charge is -2.59. The highest BCUT2D eigenvalue weighted by Gasteiger charge is 2.69. The maximum atomic E-state index is 11.6. The molecule has 6 heteroatoms. The van der Waals surface area contributed by atoms with E-state index in [1.54, 1.807) is 14.2 Å². The van der Waals surface area contributed by atoms with Gasteiger partial charge in [-0.2, -0.15) is 0 Å². The van der Waals surface area contributed by atoms with Gasteiger partial charge < -0.3 is 24.1 Å². The van der Waals surface area contributed by atoms with Gasteiger partial charge in [-0.15, -0.1) is 0 Å². The van der Waals surface area contributed by atoms with E-state index < -0.39 is 0 Å². The van der Waals surface area contributed by atoms with E-state index in [0.717, 1.165) is 25.7 Å². The molecule has 3 saturated carbocycles. The van der Waals surface area contributed by atoms with Crippen LogP contribution in [0.2, 0.25) is 0 Å². The molecule has 1 aliphatic heterocycles. The van der Waals surface area contributed by atoms with E-state index in [4.69, 9.17) is 18.9 Å². The monoisotopic (exact) mass is 448 g/mol. The first-order chi connectivity index (χ1) is 15.2. The standard InChI is InChI=1S/C26H40O6/c1-13(24(29-5)30-6)16-7-8-17-21-18(9-10-25(16,17)3)26(4)15(11-19(21)28)12-20(31-14(2)27)22-23(26)32-22/h12-13,16-24,28H,7-11H2,1-6H3/t13?,16-,17+,18+,19-,20-,21+,22+,23+,25-,26+/m1/s1. The molecular weight excluding hydrogens is 408 g/mol. The molecule has 5 aliphatic rings. The molecule has 32 heavy (non-hydrogen) atoms. The molecule has 4 fully saturated rings. The molecule has 1 unspecified atom stereocenters. The van der Waals surface area contributed by atoms with Crippen LogP contribution in [-0.4, -0.2) is 56.0 Å². The Morgan fingerprint density at radius 3 is 2.56 bits per heavy atom. The van der Waals surface area contributed by atoms with E-state index in [1.807, 2.05) is 0 Å². The summed E-state index contributed by atoms with van der Waals surface area (Å²) in [6.07, 6.45) is 6.56. The first kappa shape index (κ1) is 22.8. The Balaban J connectivity index is 1.43. The van der Waals surface area contributed by atoms with E-state index in [2.05, 4.69) is 26.8 Å². The summed E-state index contributed by atoms with van der Waals surface area (Å²) in [5, 5.41) is 11.5. The van der Waals surface area contributed by atoms with E-state index >= 15 is 0 Å². The summed E-state index contributed by atoms with van der Waals surface area (Å²) in [4.78, 5) is 11.6. The minimum atomic E-state index is -0.355. The predicted octanol–water partition coefficient (Wildman–Crippen LogP) is 3.71. The average Bonchev–Trinajstić information content (AvgIpc) is 3.47. The molecule has 5 rings (SSSR count). The molecule has 0 spiro atoms. The van der Waals surface area contributed by atoms with E-state index in [9.17, 15) is 9.90 Å². The van der Waals surface area contributed by atoms with Crippen molar-refractivity contribution in [3.05, 3.63) is 11.6 Å². The number of aliphatic hydroxyl groups excluding tert-OH is 1. The van der Waals surface area contributed by atoms with Crippen LogP contribution in [0.25, 0.3) is 0 Å². The van der Waals surface area contributed by atoms with Crippen molar-refractivity contribution in [3.8, 4) is 0 Å². The topological polar surface area (TPSA) is 77.5 Å². The summed E-state index contributed by atoms with van der Waals surface area (Å²) >= 11 is 0. The summed E-state index contributed by atoms with van der Waals surface area (Å²) < 4.78 is 23.0. The Bertz CT molecular complexity index is 791. The minimum Gasteiger partial charge on any atom is -0.455 e. The van der Waals surface area contributed by atoms with Gasteiger partial charge in [0.05, 0.1) is 12.2 Å². The molecule has 1 saturated heterocycles. The lowest BCUT2D eigenvalue weighted by atomic mass is 9.45. The summed E-state index contributed by atoms with van der Waals surface area (Å²) in [5.41, 5.74) is 1.35. The molecule has 180 valence electrons. The number of methoxy groups -OCH3 is 2. The van der Waals surface area contributed by atoms with Crippen LogP contribution in [0.5, 0.6) is 0 Å². The first-order valence-corrected chi connectivity index (χ1v) is 12.4. The van der Waals surface area contributed by atoms with E-state index in [-0.39, 0.29) is 53.4 Å². The second-order valence-corrected chi connectivity index (χ2v) is 11.6. The number of fused-ring (bicyclic) bond motifs is 7. The molecule has 0 amide bonds. The van der Waals surface area contributed by atoms with Crippen LogP contribution in [0.4, 0.5) is 0 Å². The molecular formula is C26H40O6. The molecule has 0 aromatic rings. The van der Waals surface area contributed by atoms with Gasteiger partial charge in [0, 0.05) is 32.5 Å². The maximum Gasteiger partial charge on any atom is 0.303 e. The van der Waals surface area contributed by atoms with Gasteiger partial charge in [0.2, 0.25) is 0 Å². The highest BCUT2D eigenvalue weighted by Crippen LogP contribution is 2.69. The number of ether oxygens (including phenoxy) is 4. The van der Waals surface area contributed by atoms with Crippen LogP contribution >= 0.6 is 0 Å². The molecule has 0 bridgehead atoms. The Labute approximate surface area is 192 Å². The number of carbonyl (C=O) groups is 1. The molecule has 1 heterocycles. The third kappa shape index (κ3) is 3.09. The average molecular weight is 449 g/mol. The molecule has 6 nitrogen and oxygen atoms in total.